The first-order valence-corrected chi connectivity index (χ1v) is 11.4. The number of hydrogen-bond acceptors (Lipinski definition) is 6. The third kappa shape index (κ3) is 4.83. The number of carbonyl (C=O) groups excluding carboxylic acids is 1. The SMILES string of the molecule is COC(=O)C1C=Cc2cc(SCc3sc(-c4ccc(C(F)(F)F)cc4)nc3C)ccc2O1. The molecule has 0 fully saturated rings. The van der Waals surface area contributed by atoms with Crippen molar-refractivity contribution in [1.82, 2.24) is 4.98 Å². The molecule has 1 aromatic heterocycles. The average molecular weight is 478 g/mol. The molecule has 1 aliphatic heterocycles. The van der Waals surface area contributed by atoms with Gasteiger partial charge in [-0.15, -0.1) is 23.1 Å². The highest BCUT2D eigenvalue weighted by Crippen LogP contribution is 2.36. The fraction of sp³-hybridized carbons (Fsp3) is 0.217. The standard InChI is InChI=1S/C23H18F3NO3S2/c1-13-20(32-21(27-13)14-3-6-16(7-4-14)23(24,25)26)12-31-17-8-10-18-15(11-17)5-9-19(30-18)22(28)29-2/h3-11,19H,12H2,1-2H3. The van der Waals surface area contributed by atoms with Gasteiger partial charge in [0.15, 0.2) is 0 Å². The van der Waals surface area contributed by atoms with Gasteiger partial charge in [0.05, 0.1) is 18.4 Å². The van der Waals surface area contributed by atoms with Crippen molar-refractivity contribution in [2.75, 3.05) is 7.11 Å². The lowest BCUT2D eigenvalue weighted by atomic mass is 10.1. The summed E-state index contributed by atoms with van der Waals surface area (Å²) in [6.07, 6.45) is -1.60. The summed E-state index contributed by atoms with van der Waals surface area (Å²) in [5.74, 6) is 0.846. The van der Waals surface area contributed by atoms with Gasteiger partial charge in [0.25, 0.3) is 0 Å². The highest BCUT2D eigenvalue weighted by atomic mass is 32.2. The van der Waals surface area contributed by atoms with Crippen molar-refractivity contribution in [2.45, 2.75) is 29.9 Å². The Morgan fingerprint density at radius 2 is 1.97 bits per heavy atom. The van der Waals surface area contributed by atoms with Crippen molar-refractivity contribution in [2.24, 2.45) is 0 Å². The lowest BCUT2D eigenvalue weighted by Crippen LogP contribution is -2.28. The van der Waals surface area contributed by atoms with E-state index in [9.17, 15) is 18.0 Å². The Balaban J connectivity index is 1.44. The minimum atomic E-state index is -4.35. The first kappa shape index (κ1) is 22.4. The fourth-order valence-corrected chi connectivity index (χ4v) is 5.26. The van der Waals surface area contributed by atoms with E-state index in [4.69, 9.17) is 9.47 Å². The Morgan fingerprint density at radius 1 is 1.22 bits per heavy atom. The summed E-state index contributed by atoms with van der Waals surface area (Å²) in [6.45, 7) is 1.90. The Hall–Kier alpha value is -2.78. The third-order valence-corrected chi connectivity index (χ3v) is 7.25. The summed E-state index contributed by atoms with van der Waals surface area (Å²) < 4.78 is 48.7. The second-order valence-electron chi connectivity index (χ2n) is 7.01. The number of aryl methyl sites for hydroxylation is 1. The van der Waals surface area contributed by atoms with Crippen molar-refractivity contribution in [1.29, 1.82) is 0 Å². The molecule has 0 saturated heterocycles. The van der Waals surface area contributed by atoms with Crippen LogP contribution in [0, 0.1) is 6.92 Å². The van der Waals surface area contributed by atoms with Crippen LogP contribution in [0.15, 0.2) is 53.4 Å². The second kappa shape index (κ2) is 8.99. The van der Waals surface area contributed by atoms with Gasteiger partial charge in [-0.1, -0.05) is 18.2 Å². The molecule has 0 radical (unpaired) electrons. The van der Waals surface area contributed by atoms with Crippen LogP contribution in [-0.4, -0.2) is 24.2 Å². The van der Waals surface area contributed by atoms with Gasteiger partial charge in [-0.05, 0) is 43.3 Å². The monoisotopic (exact) mass is 477 g/mol. The molecule has 1 unspecified atom stereocenters. The summed E-state index contributed by atoms with van der Waals surface area (Å²) in [6, 6.07) is 10.8. The van der Waals surface area contributed by atoms with E-state index >= 15 is 0 Å². The Kier molecular flexibility index (Phi) is 6.30. The topological polar surface area (TPSA) is 48.4 Å². The minimum Gasteiger partial charge on any atom is -0.474 e. The first-order chi connectivity index (χ1) is 15.2. The van der Waals surface area contributed by atoms with E-state index in [1.165, 1.54) is 30.6 Å². The average Bonchev–Trinajstić information content (AvgIpc) is 3.16. The third-order valence-electron chi connectivity index (χ3n) is 4.84. The van der Waals surface area contributed by atoms with E-state index in [1.54, 1.807) is 17.8 Å². The number of methoxy groups -OCH3 is 1. The van der Waals surface area contributed by atoms with E-state index in [1.807, 2.05) is 31.2 Å². The number of fused-ring (bicyclic) bond motifs is 1. The van der Waals surface area contributed by atoms with E-state index in [-0.39, 0.29) is 0 Å². The fourth-order valence-electron chi connectivity index (χ4n) is 3.10. The van der Waals surface area contributed by atoms with Crippen molar-refractivity contribution < 1.29 is 27.4 Å². The van der Waals surface area contributed by atoms with Gasteiger partial charge in [0.1, 0.15) is 10.8 Å². The Morgan fingerprint density at radius 3 is 2.66 bits per heavy atom. The maximum atomic E-state index is 12.8. The number of hydrogen-bond donors (Lipinski definition) is 0. The molecule has 0 N–H and O–H groups in total. The Bertz CT molecular complexity index is 1170. The van der Waals surface area contributed by atoms with Gasteiger partial charge in [-0.25, -0.2) is 9.78 Å². The smallest absolute Gasteiger partial charge is 0.416 e. The first-order valence-electron chi connectivity index (χ1n) is 9.58. The number of thioether (sulfide) groups is 1. The van der Waals surface area contributed by atoms with E-state index in [2.05, 4.69) is 4.98 Å². The van der Waals surface area contributed by atoms with E-state index in [0.717, 1.165) is 33.2 Å². The number of carbonyl (C=O) groups is 1. The second-order valence-corrected chi connectivity index (χ2v) is 9.14. The van der Waals surface area contributed by atoms with Crippen molar-refractivity contribution in [3.8, 4) is 16.3 Å². The van der Waals surface area contributed by atoms with Gasteiger partial charge in [0, 0.05) is 26.7 Å². The summed E-state index contributed by atoms with van der Waals surface area (Å²) >= 11 is 3.10. The molecular formula is C23H18F3NO3S2. The Labute approximate surface area is 191 Å². The number of ether oxygens (including phenoxy) is 2. The molecule has 9 heteroatoms. The number of halogens is 3. The summed E-state index contributed by atoms with van der Waals surface area (Å²) in [5, 5.41) is 0.697. The number of rotatable bonds is 5. The van der Waals surface area contributed by atoms with E-state index in [0.29, 0.717) is 22.1 Å². The lowest BCUT2D eigenvalue weighted by Gasteiger charge is -2.20. The molecular weight excluding hydrogens is 459 g/mol. The lowest BCUT2D eigenvalue weighted by molar-refractivity contribution is -0.146. The molecule has 0 aliphatic carbocycles. The number of aromatic nitrogens is 1. The molecule has 0 bridgehead atoms. The number of esters is 1. The molecule has 4 nitrogen and oxygen atoms in total. The zero-order valence-electron chi connectivity index (χ0n) is 17.1. The molecule has 3 aromatic rings. The van der Waals surface area contributed by atoms with Gasteiger partial charge >= 0.3 is 12.1 Å². The number of thiazole rings is 1. The largest absolute Gasteiger partial charge is 0.474 e. The molecule has 166 valence electrons. The number of nitrogens with zero attached hydrogens (tertiary/aromatic N) is 1. The van der Waals surface area contributed by atoms with Gasteiger partial charge in [-0.3, -0.25) is 0 Å². The van der Waals surface area contributed by atoms with Crippen LogP contribution in [0.3, 0.4) is 0 Å². The van der Waals surface area contributed by atoms with E-state index < -0.39 is 23.8 Å². The predicted molar refractivity (Wildman–Crippen MR) is 119 cm³/mol. The number of benzene rings is 2. The zero-order chi connectivity index (χ0) is 22.9. The predicted octanol–water partition coefficient (Wildman–Crippen LogP) is 6.38. The zero-order valence-corrected chi connectivity index (χ0v) is 18.7. The molecule has 0 spiro atoms. The van der Waals surface area contributed by atoms with Gasteiger partial charge < -0.3 is 9.47 Å². The molecule has 2 aromatic carbocycles. The van der Waals surface area contributed by atoms with Gasteiger partial charge in [0.2, 0.25) is 6.10 Å². The highest BCUT2D eigenvalue weighted by Gasteiger charge is 2.30. The number of alkyl halides is 3. The van der Waals surface area contributed by atoms with Crippen LogP contribution in [0.25, 0.3) is 16.6 Å². The van der Waals surface area contributed by atoms with Crippen molar-refractivity contribution >= 4 is 35.1 Å². The van der Waals surface area contributed by atoms with Crippen molar-refractivity contribution in [3.63, 3.8) is 0 Å². The maximum absolute atomic E-state index is 12.8. The summed E-state index contributed by atoms with van der Waals surface area (Å²) in [5.41, 5.74) is 1.73. The van der Waals surface area contributed by atoms with Crippen molar-refractivity contribution in [3.05, 3.63) is 70.2 Å². The van der Waals surface area contributed by atoms with Crippen LogP contribution >= 0.6 is 23.1 Å². The minimum absolute atomic E-state index is 0.449. The normalized spacial score (nSPS) is 15.2. The quantitative estimate of drug-likeness (QED) is 0.315. The van der Waals surface area contributed by atoms with Crippen LogP contribution < -0.4 is 4.74 Å². The molecule has 1 atom stereocenters. The molecule has 32 heavy (non-hydrogen) atoms. The molecule has 4 rings (SSSR count). The molecule has 2 heterocycles. The van der Waals surface area contributed by atoms with Gasteiger partial charge in [-0.2, -0.15) is 13.2 Å². The summed E-state index contributed by atoms with van der Waals surface area (Å²) in [7, 11) is 1.32. The molecule has 0 amide bonds. The maximum Gasteiger partial charge on any atom is 0.416 e. The summed E-state index contributed by atoms with van der Waals surface area (Å²) in [4.78, 5) is 18.3. The van der Waals surface area contributed by atoms with Crippen LogP contribution in [0.5, 0.6) is 5.75 Å². The molecule has 1 aliphatic rings. The van der Waals surface area contributed by atoms with Crippen LogP contribution in [0.1, 0.15) is 21.7 Å². The van der Waals surface area contributed by atoms with Crippen LogP contribution in [0.2, 0.25) is 0 Å². The molecule has 0 saturated carbocycles. The van der Waals surface area contributed by atoms with Crippen LogP contribution in [0.4, 0.5) is 13.2 Å². The highest BCUT2D eigenvalue weighted by molar-refractivity contribution is 7.98. The van der Waals surface area contributed by atoms with Crippen LogP contribution in [-0.2, 0) is 21.5 Å².